The molecular formula is C20H18N6O3S. The molecule has 10 heteroatoms. The van der Waals surface area contributed by atoms with Crippen molar-refractivity contribution < 1.29 is 9.59 Å². The molecule has 152 valence electrons. The number of amides is 2. The highest BCUT2D eigenvalue weighted by molar-refractivity contribution is 7.14. The summed E-state index contributed by atoms with van der Waals surface area (Å²) in [4.78, 5) is 50.3. The number of aryl methyl sites for hydroxylation is 1. The molecule has 4 aromatic rings. The van der Waals surface area contributed by atoms with E-state index in [1.807, 2.05) is 24.3 Å². The number of hydrogen-bond donors (Lipinski definition) is 4. The van der Waals surface area contributed by atoms with Crippen molar-refractivity contribution in [2.24, 2.45) is 0 Å². The third-order valence-corrected chi connectivity index (χ3v) is 5.14. The molecule has 1 aromatic carbocycles. The Labute approximate surface area is 174 Å². The van der Waals surface area contributed by atoms with Crippen LogP contribution in [-0.2, 0) is 17.8 Å². The minimum atomic E-state index is -0.527. The fourth-order valence-corrected chi connectivity index (χ4v) is 3.59. The summed E-state index contributed by atoms with van der Waals surface area (Å²) in [5, 5.41) is 7.58. The maximum atomic E-state index is 12.2. The van der Waals surface area contributed by atoms with Crippen molar-refractivity contribution in [3.8, 4) is 0 Å². The van der Waals surface area contributed by atoms with Gasteiger partial charge in [-0.1, -0.05) is 12.1 Å². The summed E-state index contributed by atoms with van der Waals surface area (Å²) in [6.07, 6.45) is 2.15. The van der Waals surface area contributed by atoms with Gasteiger partial charge in [0.25, 0.3) is 11.5 Å². The molecule has 4 N–H and O–H groups in total. The summed E-state index contributed by atoms with van der Waals surface area (Å²) >= 11 is 1.24. The van der Waals surface area contributed by atoms with E-state index in [0.717, 1.165) is 11.0 Å². The number of aromatic amines is 2. The highest BCUT2D eigenvalue weighted by Crippen LogP contribution is 2.17. The third-order valence-electron chi connectivity index (χ3n) is 4.33. The number of rotatable bonds is 7. The van der Waals surface area contributed by atoms with Crippen LogP contribution in [0.2, 0.25) is 0 Å². The SMILES string of the molecule is O=C(CCc1csc(NC(=O)c2ccc[nH]c2=O)n1)NCc1nc2ccccc2[nH]1. The quantitative estimate of drug-likeness (QED) is 0.362. The number of fused-ring (bicyclic) bond motifs is 1. The molecule has 0 radical (unpaired) electrons. The van der Waals surface area contributed by atoms with Gasteiger partial charge in [0.2, 0.25) is 5.91 Å². The Morgan fingerprint density at radius 3 is 2.80 bits per heavy atom. The average Bonchev–Trinajstić information content (AvgIpc) is 3.37. The Kier molecular flexibility index (Phi) is 5.66. The lowest BCUT2D eigenvalue weighted by Gasteiger charge is -2.02. The van der Waals surface area contributed by atoms with E-state index in [2.05, 4.69) is 30.6 Å². The Bertz CT molecular complexity index is 1230. The Balaban J connectivity index is 1.26. The topological polar surface area (TPSA) is 133 Å². The number of thiazole rings is 1. The maximum absolute atomic E-state index is 12.2. The Hall–Kier alpha value is -3.79. The van der Waals surface area contributed by atoms with Crippen molar-refractivity contribution in [1.29, 1.82) is 0 Å². The molecule has 0 saturated heterocycles. The lowest BCUT2D eigenvalue weighted by molar-refractivity contribution is -0.121. The van der Waals surface area contributed by atoms with E-state index in [9.17, 15) is 14.4 Å². The van der Waals surface area contributed by atoms with Gasteiger partial charge in [-0.3, -0.25) is 19.7 Å². The molecule has 9 nitrogen and oxygen atoms in total. The molecule has 0 aliphatic carbocycles. The first-order valence-corrected chi connectivity index (χ1v) is 10.1. The molecule has 0 bridgehead atoms. The summed E-state index contributed by atoms with van der Waals surface area (Å²) in [6.45, 7) is 0.317. The number of nitrogens with zero attached hydrogens (tertiary/aromatic N) is 2. The van der Waals surface area contributed by atoms with Crippen LogP contribution < -0.4 is 16.2 Å². The number of anilines is 1. The summed E-state index contributed by atoms with van der Waals surface area (Å²) < 4.78 is 0. The number of para-hydroxylation sites is 2. The van der Waals surface area contributed by atoms with Crippen molar-refractivity contribution in [3.05, 3.63) is 75.4 Å². The summed E-state index contributed by atoms with van der Waals surface area (Å²) in [5.41, 5.74) is 2.02. The van der Waals surface area contributed by atoms with E-state index in [0.29, 0.717) is 29.6 Å². The fraction of sp³-hybridized carbons (Fsp3) is 0.150. The second-order valence-corrected chi connectivity index (χ2v) is 7.35. The molecule has 2 amide bonds. The Morgan fingerprint density at radius 1 is 1.10 bits per heavy atom. The molecule has 3 aromatic heterocycles. The van der Waals surface area contributed by atoms with E-state index in [-0.39, 0.29) is 17.9 Å². The van der Waals surface area contributed by atoms with Crippen molar-refractivity contribution in [2.75, 3.05) is 5.32 Å². The molecule has 30 heavy (non-hydrogen) atoms. The zero-order valence-electron chi connectivity index (χ0n) is 15.8. The van der Waals surface area contributed by atoms with E-state index in [1.54, 1.807) is 11.4 Å². The molecule has 0 unspecified atom stereocenters. The lowest BCUT2D eigenvalue weighted by Crippen LogP contribution is -2.23. The van der Waals surface area contributed by atoms with Crippen LogP contribution >= 0.6 is 11.3 Å². The van der Waals surface area contributed by atoms with Gasteiger partial charge in [-0.25, -0.2) is 9.97 Å². The molecule has 0 aliphatic rings. The number of benzene rings is 1. The predicted octanol–water partition coefficient (Wildman–Crippen LogP) is 2.21. The van der Waals surface area contributed by atoms with Crippen LogP contribution in [0.4, 0.5) is 5.13 Å². The predicted molar refractivity (Wildman–Crippen MR) is 113 cm³/mol. The van der Waals surface area contributed by atoms with Crippen LogP contribution in [0.15, 0.2) is 52.8 Å². The van der Waals surface area contributed by atoms with Crippen molar-refractivity contribution in [3.63, 3.8) is 0 Å². The number of carbonyl (C=O) groups excluding carboxylic acids is 2. The molecule has 4 rings (SSSR count). The lowest BCUT2D eigenvalue weighted by atomic mass is 10.2. The van der Waals surface area contributed by atoms with Gasteiger partial charge >= 0.3 is 0 Å². The zero-order chi connectivity index (χ0) is 20.9. The van der Waals surface area contributed by atoms with Gasteiger partial charge in [0, 0.05) is 18.0 Å². The minimum Gasteiger partial charge on any atom is -0.349 e. The van der Waals surface area contributed by atoms with Crippen LogP contribution in [0.3, 0.4) is 0 Å². The summed E-state index contributed by atoms with van der Waals surface area (Å²) in [7, 11) is 0. The van der Waals surface area contributed by atoms with Crippen LogP contribution in [-0.4, -0.2) is 31.8 Å². The monoisotopic (exact) mass is 422 g/mol. The first kappa shape index (κ1) is 19.5. The van der Waals surface area contributed by atoms with Gasteiger partial charge in [-0.15, -0.1) is 11.3 Å². The molecular weight excluding hydrogens is 404 g/mol. The van der Waals surface area contributed by atoms with E-state index in [4.69, 9.17) is 0 Å². The summed E-state index contributed by atoms with van der Waals surface area (Å²) in [6, 6.07) is 10.7. The molecule has 0 fully saturated rings. The van der Waals surface area contributed by atoms with Crippen molar-refractivity contribution in [2.45, 2.75) is 19.4 Å². The van der Waals surface area contributed by atoms with Crippen molar-refractivity contribution >= 4 is 39.3 Å². The number of carbonyl (C=O) groups is 2. The van der Waals surface area contributed by atoms with Crippen molar-refractivity contribution in [1.82, 2.24) is 25.3 Å². The number of H-pyrrole nitrogens is 2. The maximum Gasteiger partial charge on any atom is 0.263 e. The highest BCUT2D eigenvalue weighted by Gasteiger charge is 2.13. The number of hydrogen-bond acceptors (Lipinski definition) is 6. The second kappa shape index (κ2) is 8.70. The molecule has 0 aliphatic heterocycles. The smallest absolute Gasteiger partial charge is 0.263 e. The Morgan fingerprint density at radius 2 is 1.97 bits per heavy atom. The van der Waals surface area contributed by atoms with Crippen LogP contribution in [0.5, 0.6) is 0 Å². The van der Waals surface area contributed by atoms with Gasteiger partial charge < -0.3 is 15.3 Å². The molecule has 3 heterocycles. The van der Waals surface area contributed by atoms with E-state index < -0.39 is 11.5 Å². The first-order valence-electron chi connectivity index (χ1n) is 9.22. The van der Waals surface area contributed by atoms with E-state index >= 15 is 0 Å². The number of aromatic nitrogens is 4. The fourth-order valence-electron chi connectivity index (χ4n) is 2.85. The van der Waals surface area contributed by atoms with Gasteiger partial charge in [-0.2, -0.15) is 0 Å². The van der Waals surface area contributed by atoms with Gasteiger partial charge in [0.05, 0.1) is 23.3 Å². The standard InChI is InChI=1S/C20H18N6O3S/c27-17(22-10-16-24-14-5-1-2-6-15(14)25-16)8-7-12-11-30-20(23-12)26-19(29)13-4-3-9-21-18(13)28/h1-6,9,11H,7-8,10H2,(H,21,28)(H,22,27)(H,24,25)(H,23,26,29). The summed E-state index contributed by atoms with van der Waals surface area (Å²) in [5.74, 6) is 0.0466. The average molecular weight is 422 g/mol. The molecule has 0 saturated carbocycles. The largest absolute Gasteiger partial charge is 0.349 e. The number of nitrogens with one attached hydrogen (secondary N) is 4. The number of imidazole rings is 1. The number of pyridine rings is 1. The first-order chi connectivity index (χ1) is 14.6. The normalized spacial score (nSPS) is 10.8. The second-order valence-electron chi connectivity index (χ2n) is 6.49. The molecule has 0 spiro atoms. The molecule has 0 atom stereocenters. The van der Waals surface area contributed by atoms with E-state index in [1.165, 1.54) is 23.6 Å². The highest BCUT2D eigenvalue weighted by atomic mass is 32.1. The van der Waals surface area contributed by atoms with Crippen LogP contribution in [0, 0.1) is 0 Å². The van der Waals surface area contributed by atoms with Gasteiger partial charge in [0.1, 0.15) is 11.4 Å². The minimum absolute atomic E-state index is 0.0132. The third kappa shape index (κ3) is 4.61. The van der Waals surface area contributed by atoms with Crippen LogP contribution in [0.1, 0.15) is 28.3 Å². The van der Waals surface area contributed by atoms with Gasteiger partial charge in [0.15, 0.2) is 5.13 Å². The van der Waals surface area contributed by atoms with Gasteiger partial charge in [-0.05, 0) is 30.7 Å². The zero-order valence-corrected chi connectivity index (χ0v) is 16.6. The van der Waals surface area contributed by atoms with Crippen LogP contribution in [0.25, 0.3) is 11.0 Å².